The van der Waals surface area contributed by atoms with Crippen LogP contribution in [-0.2, 0) is 27.2 Å². The van der Waals surface area contributed by atoms with Crippen molar-refractivity contribution in [1.82, 2.24) is 10.2 Å². The molecule has 0 aromatic heterocycles. The lowest BCUT2D eigenvalue weighted by molar-refractivity contribution is -0.133. The Labute approximate surface area is 229 Å². The van der Waals surface area contributed by atoms with Gasteiger partial charge in [0.05, 0.1) is 5.41 Å². The van der Waals surface area contributed by atoms with Crippen LogP contribution in [-0.4, -0.2) is 52.9 Å². The Kier molecular flexibility index (Phi) is 5.52. The highest BCUT2D eigenvalue weighted by Crippen LogP contribution is 2.49. The third-order valence-electron chi connectivity index (χ3n) is 8.93. The van der Waals surface area contributed by atoms with E-state index in [1.807, 2.05) is 24.3 Å². The molecular weight excluding hydrogens is 516 g/mol. The molecule has 7 rings (SSSR count). The molecule has 1 saturated heterocycles. The van der Waals surface area contributed by atoms with Gasteiger partial charge in [-0.15, -0.1) is 0 Å². The summed E-state index contributed by atoms with van der Waals surface area (Å²) >= 11 is 0. The van der Waals surface area contributed by atoms with Gasteiger partial charge in [0.1, 0.15) is 35.7 Å². The number of rotatable bonds is 4. The Bertz CT molecular complexity index is 1540. The fourth-order valence-electron chi connectivity index (χ4n) is 7.07. The number of amides is 3. The number of allylic oxidation sites excluding steroid dienone is 1. The van der Waals surface area contributed by atoms with Gasteiger partial charge in [0.2, 0.25) is 11.8 Å². The second kappa shape index (κ2) is 8.90. The van der Waals surface area contributed by atoms with Crippen LogP contribution in [0.3, 0.4) is 0 Å². The summed E-state index contributed by atoms with van der Waals surface area (Å²) in [5, 5.41) is 5.87. The zero-order valence-corrected chi connectivity index (χ0v) is 21.6. The number of aliphatic imine (C=N–C) groups is 2. The molecule has 3 aliphatic heterocycles. The summed E-state index contributed by atoms with van der Waals surface area (Å²) in [5.74, 6) is -2.27. The Balaban J connectivity index is 1.11. The van der Waals surface area contributed by atoms with Gasteiger partial charge in [-0.05, 0) is 67.2 Å². The highest BCUT2D eigenvalue weighted by atomic mass is 19.1. The van der Waals surface area contributed by atoms with E-state index < -0.39 is 28.5 Å². The fraction of sp³-hybridized carbons (Fsp3) is 0.367. The number of hydrogen-bond acceptors (Lipinski definition) is 5. The molecule has 10 heteroatoms. The second-order valence-electron chi connectivity index (χ2n) is 11.4. The van der Waals surface area contributed by atoms with E-state index in [1.54, 1.807) is 12.3 Å². The van der Waals surface area contributed by atoms with E-state index in [2.05, 4.69) is 20.6 Å². The Hall–Kier alpha value is -4.21. The molecule has 3 amide bonds. The first-order valence-electron chi connectivity index (χ1n) is 13.6. The molecule has 5 aliphatic rings. The molecule has 2 N–H and O–H groups in total. The number of halogens is 2. The van der Waals surface area contributed by atoms with Gasteiger partial charge in [-0.2, -0.15) is 0 Å². The van der Waals surface area contributed by atoms with Gasteiger partial charge in [0, 0.05) is 29.4 Å². The SMILES string of the molecule is O=C(CN1C(=O)C2(CCCC2)N=C1c1cc(F)cc(F)c1)Nc1ccc2c(c1)CC1(C2)C(=O)NC2N=CC=CC21. The zero-order valence-electron chi connectivity index (χ0n) is 21.6. The van der Waals surface area contributed by atoms with Gasteiger partial charge in [-0.1, -0.05) is 25.0 Å². The molecule has 204 valence electrons. The summed E-state index contributed by atoms with van der Waals surface area (Å²) in [5.41, 5.74) is 1.11. The monoisotopic (exact) mass is 543 g/mol. The first-order chi connectivity index (χ1) is 19.3. The Morgan fingerprint density at radius 1 is 1.05 bits per heavy atom. The van der Waals surface area contributed by atoms with E-state index in [-0.39, 0.29) is 41.8 Å². The predicted octanol–water partition coefficient (Wildman–Crippen LogP) is 3.30. The summed E-state index contributed by atoms with van der Waals surface area (Å²) in [6.07, 6.45) is 9.21. The van der Waals surface area contributed by atoms with Crippen molar-refractivity contribution in [3.05, 3.63) is 76.9 Å². The van der Waals surface area contributed by atoms with Crippen LogP contribution in [0.15, 0.2) is 58.5 Å². The number of dihydropyridines is 1. The number of fused-ring (bicyclic) bond motifs is 3. The van der Waals surface area contributed by atoms with Gasteiger partial charge in [-0.25, -0.2) is 8.78 Å². The van der Waals surface area contributed by atoms with E-state index in [9.17, 15) is 23.2 Å². The lowest BCUT2D eigenvalue weighted by atomic mass is 9.73. The average molecular weight is 544 g/mol. The Morgan fingerprint density at radius 2 is 1.80 bits per heavy atom. The average Bonchev–Trinajstić information content (AvgIpc) is 3.67. The molecule has 1 saturated carbocycles. The van der Waals surface area contributed by atoms with E-state index in [1.165, 1.54) is 4.90 Å². The fourth-order valence-corrected chi connectivity index (χ4v) is 7.07. The van der Waals surface area contributed by atoms with Crippen molar-refractivity contribution in [3.8, 4) is 0 Å². The number of nitrogens with zero attached hydrogens (tertiary/aromatic N) is 3. The summed E-state index contributed by atoms with van der Waals surface area (Å²) in [7, 11) is 0. The standard InChI is InChI=1S/C30H27F2N5O3/c31-20-10-18(11-21(32)13-20)26-36-30(7-1-2-8-30)28(40)37(26)16-24(38)34-22-6-5-17-14-29(15-19(17)12-22)23-4-3-9-33-25(23)35-27(29)39/h3-6,9-13,23,25H,1-2,7-8,14-16H2,(H,34,38)(H,35,39). The minimum absolute atomic E-state index is 0.0121. The number of anilines is 1. The van der Waals surface area contributed by atoms with Gasteiger partial charge < -0.3 is 10.6 Å². The van der Waals surface area contributed by atoms with Crippen LogP contribution in [0.4, 0.5) is 14.5 Å². The largest absolute Gasteiger partial charge is 0.333 e. The topological polar surface area (TPSA) is 103 Å². The van der Waals surface area contributed by atoms with E-state index in [0.29, 0.717) is 31.4 Å². The third-order valence-corrected chi connectivity index (χ3v) is 8.93. The highest BCUT2D eigenvalue weighted by molar-refractivity contribution is 6.17. The summed E-state index contributed by atoms with van der Waals surface area (Å²) in [4.78, 5) is 50.1. The van der Waals surface area contributed by atoms with E-state index >= 15 is 0 Å². The lowest BCUT2D eigenvalue weighted by Gasteiger charge is -2.27. The molecular formula is C30H27F2N5O3. The van der Waals surface area contributed by atoms with Crippen LogP contribution in [0.25, 0.3) is 0 Å². The van der Waals surface area contributed by atoms with Crippen LogP contribution in [0.1, 0.15) is 42.4 Å². The number of amidine groups is 1. The van der Waals surface area contributed by atoms with Crippen LogP contribution in [0.2, 0.25) is 0 Å². The highest BCUT2D eigenvalue weighted by Gasteiger charge is 2.57. The number of carbonyl (C=O) groups is 3. The number of nitrogens with one attached hydrogen (secondary N) is 2. The molecule has 0 bridgehead atoms. The molecule has 2 aromatic rings. The normalized spacial score (nSPS) is 27.4. The molecule has 3 unspecified atom stereocenters. The second-order valence-corrected chi connectivity index (χ2v) is 11.4. The van der Waals surface area contributed by atoms with Crippen molar-refractivity contribution < 1.29 is 23.2 Å². The lowest BCUT2D eigenvalue weighted by Crippen LogP contribution is -2.45. The van der Waals surface area contributed by atoms with Crippen molar-refractivity contribution in [1.29, 1.82) is 0 Å². The van der Waals surface area contributed by atoms with E-state index in [0.717, 1.165) is 42.2 Å². The van der Waals surface area contributed by atoms with Crippen LogP contribution in [0, 0.1) is 23.0 Å². The molecule has 2 aromatic carbocycles. The summed E-state index contributed by atoms with van der Waals surface area (Å²) < 4.78 is 28.1. The minimum atomic E-state index is -0.988. The number of hydrogen-bond donors (Lipinski definition) is 2. The number of carbonyl (C=O) groups excluding carboxylic acids is 3. The smallest absolute Gasteiger partial charge is 0.256 e. The van der Waals surface area contributed by atoms with Gasteiger partial charge in [-0.3, -0.25) is 29.3 Å². The molecule has 0 radical (unpaired) electrons. The van der Waals surface area contributed by atoms with Crippen molar-refractivity contribution in [2.45, 2.75) is 50.2 Å². The molecule has 2 spiro atoms. The van der Waals surface area contributed by atoms with Crippen molar-refractivity contribution >= 4 is 35.5 Å². The maximum Gasteiger partial charge on any atom is 0.256 e. The first-order valence-corrected chi connectivity index (χ1v) is 13.6. The van der Waals surface area contributed by atoms with Crippen LogP contribution in [0.5, 0.6) is 0 Å². The Morgan fingerprint density at radius 3 is 2.58 bits per heavy atom. The van der Waals surface area contributed by atoms with Crippen LogP contribution < -0.4 is 10.6 Å². The van der Waals surface area contributed by atoms with Crippen molar-refractivity contribution in [2.75, 3.05) is 11.9 Å². The summed E-state index contributed by atoms with van der Waals surface area (Å²) in [6.45, 7) is -0.340. The molecule has 2 aliphatic carbocycles. The predicted molar refractivity (Wildman–Crippen MR) is 144 cm³/mol. The maximum absolute atomic E-state index is 14.0. The minimum Gasteiger partial charge on any atom is -0.333 e. The molecule has 8 nitrogen and oxygen atoms in total. The van der Waals surface area contributed by atoms with E-state index in [4.69, 9.17) is 0 Å². The number of benzene rings is 2. The first kappa shape index (κ1) is 24.8. The maximum atomic E-state index is 14.0. The van der Waals surface area contributed by atoms with Crippen LogP contribution >= 0.6 is 0 Å². The van der Waals surface area contributed by atoms with Gasteiger partial charge in [0.25, 0.3) is 5.91 Å². The quantitative estimate of drug-likeness (QED) is 0.619. The zero-order chi connectivity index (χ0) is 27.6. The van der Waals surface area contributed by atoms with Crippen molar-refractivity contribution in [3.63, 3.8) is 0 Å². The van der Waals surface area contributed by atoms with Gasteiger partial charge >= 0.3 is 0 Å². The molecule has 3 heterocycles. The molecule has 3 atom stereocenters. The van der Waals surface area contributed by atoms with Crippen molar-refractivity contribution in [2.24, 2.45) is 21.3 Å². The van der Waals surface area contributed by atoms with Gasteiger partial charge in [0.15, 0.2) is 0 Å². The molecule has 40 heavy (non-hydrogen) atoms. The third kappa shape index (κ3) is 3.80. The summed E-state index contributed by atoms with van der Waals surface area (Å²) in [6, 6.07) is 8.60. The molecule has 2 fully saturated rings.